The van der Waals surface area contributed by atoms with Crippen LogP contribution in [0.15, 0.2) is 23.8 Å². The van der Waals surface area contributed by atoms with E-state index >= 15 is 0 Å². The minimum absolute atomic E-state index is 0.00569. The van der Waals surface area contributed by atoms with Gasteiger partial charge in [0.15, 0.2) is 5.78 Å². The average Bonchev–Trinajstić information content (AvgIpc) is 2.10. The second-order valence-corrected chi connectivity index (χ2v) is 6.06. The van der Waals surface area contributed by atoms with Crippen LogP contribution in [0.25, 0.3) is 0 Å². The van der Waals surface area contributed by atoms with Gasteiger partial charge in [0.2, 0.25) is 0 Å². The predicted molar refractivity (Wildman–Crippen MR) is 69.2 cm³/mol. The molecule has 0 saturated heterocycles. The lowest BCUT2D eigenvalue weighted by molar-refractivity contribution is -0.121. The molecule has 0 spiro atoms. The Kier molecular flexibility index (Phi) is 3.77. The minimum Gasteiger partial charge on any atom is -0.294 e. The van der Waals surface area contributed by atoms with E-state index < -0.39 is 0 Å². The molecule has 0 N–H and O–H groups in total. The molecule has 0 radical (unpaired) electrons. The minimum atomic E-state index is 0.00569. The highest BCUT2D eigenvalue weighted by Gasteiger charge is 2.40. The molecule has 1 heteroatoms. The highest BCUT2D eigenvalue weighted by Crippen LogP contribution is 2.46. The van der Waals surface area contributed by atoms with Crippen molar-refractivity contribution in [3.63, 3.8) is 0 Å². The van der Waals surface area contributed by atoms with Crippen LogP contribution >= 0.6 is 0 Å². The van der Waals surface area contributed by atoms with Gasteiger partial charge in [-0.05, 0) is 44.1 Å². The Hall–Kier alpha value is -0.850. The van der Waals surface area contributed by atoms with Gasteiger partial charge in [-0.1, -0.05) is 38.5 Å². The fraction of sp³-hybridized carbons (Fsp3) is 0.667. The molecule has 0 bridgehead atoms. The van der Waals surface area contributed by atoms with Crippen molar-refractivity contribution in [2.75, 3.05) is 0 Å². The monoisotopic (exact) mass is 220 g/mol. The van der Waals surface area contributed by atoms with E-state index in [1.165, 1.54) is 0 Å². The highest BCUT2D eigenvalue weighted by molar-refractivity contribution is 5.95. The second-order valence-electron chi connectivity index (χ2n) is 6.06. The first kappa shape index (κ1) is 13.2. The zero-order valence-corrected chi connectivity index (χ0v) is 11.3. The van der Waals surface area contributed by atoms with E-state index in [0.29, 0.717) is 5.92 Å². The third-order valence-corrected chi connectivity index (χ3v) is 3.72. The maximum Gasteiger partial charge on any atom is 0.163 e. The molecule has 2 unspecified atom stereocenters. The maximum absolute atomic E-state index is 12.2. The largest absolute Gasteiger partial charge is 0.294 e. The van der Waals surface area contributed by atoms with Crippen molar-refractivity contribution in [3.05, 3.63) is 23.8 Å². The Labute approximate surface area is 99.6 Å². The molecule has 1 nitrogen and oxygen atoms in total. The summed E-state index contributed by atoms with van der Waals surface area (Å²) in [5, 5.41) is 0. The first-order valence-electron chi connectivity index (χ1n) is 6.13. The molecule has 1 aliphatic rings. The van der Waals surface area contributed by atoms with Crippen molar-refractivity contribution >= 4 is 5.78 Å². The molecular weight excluding hydrogens is 196 g/mol. The van der Waals surface area contributed by atoms with Crippen molar-refractivity contribution in [1.29, 1.82) is 0 Å². The van der Waals surface area contributed by atoms with Gasteiger partial charge in [-0.3, -0.25) is 4.79 Å². The third kappa shape index (κ3) is 2.63. The molecule has 0 heterocycles. The van der Waals surface area contributed by atoms with Crippen LogP contribution < -0.4 is 0 Å². The molecule has 1 saturated carbocycles. The van der Waals surface area contributed by atoms with Gasteiger partial charge in [-0.25, -0.2) is 0 Å². The lowest BCUT2D eigenvalue weighted by atomic mass is 9.62. The van der Waals surface area contributed by atoms with Gasteiger partial charge in [-0.2, -0.15) is 0 Å². The first-order chi connectivity index (χ1) is 7.25. The number of ketones is 1. The fourth-order valence-electron chi connectivity index (χ4n) is 2.64. The number of rotatable bonds is 2. The topological polar surface area (TPSA) is 17.1 Å². The van der Waals surface area contributed by atoms with Crippen molar-refractivity contribution in [1.82, 2.24) is 0 Å². The van der Waals surface area contributed by atoms with Crippen LogP contribution in [0.2, 0.25) is 0 Å². The van der Waals surface area contributed by atoms with E-state index in [9.17, 15) is 4.79 Å². The van der Waals surface area contributed by atoms with Crippen LogP contribution in [0.1, 0.15) is 47.5 Å². The van der Waals surface area contributed by atoms with Crippen LogP contribution in [0.3, 0.4) is 0 Å². The van der Waals surface area contributed by atoms with E-state index in [0.717, 1.165) is 24.0 Å². The molecule has 0 aromatic heterocycles. The molecule has 0 aliphatic heterocycles. The summed E-state index contributed by atoms with van der Waals surface area (Å²) in [5.74, 6) is 0.722. The SMILES string of the molecule is C=C1C(C)CCC(C)(C)C1C(=O)C=C(C)C. The standard InChI is InChI=1S/C15H24O/c1-10(2)9-13(16)14-12(4)11(3)7-8-15(14,5)6/h9,11,14H,4,7-8H2,1-3,5-6H3. The molecule has 0 aromatic rings. The summed E-state index contributed by atoms with van der Waals surface area (Å²) < 4.78 is 0. The van der Waals surface area contributed by atoms with E-state index in [1.807, 2.05) is 13.8 Å². The van der Waals surface area contributed by atoms with Gasteiger partial charge in [0.1, 0.15) is 0 Å². The summed E-state index contributed by atoms with van der Waals surface area (Å²) >= 11 is 0. The zero-order valence-electron chi connectivity index (χ0n) is 11.3. The molecule has 0 amide bonds. The number of hydrogen-bond donors (Lipinski definition) is 0. The van der Waals surface area contributed by atoms with Gasteiger partial charge in [0.05, 0.1) is 0 Å². The summed E-state index contributed by atoms with van der Waals surface area (Å²) in [4.78, 5) is 12.2. The number of allylic oxidation sites excluding steroid dienone is 3. The highest BCUT2D eigenvalue weighted by atomic mass is 16.1. The van der Waals surface area contributed by atoms with Crippen molar-refractivity contribution < 1.29 is 4.79 Å². The Morgan fingerprint density at radius 2 is 2.00 bits per heavy atom. The van der Waals surface area contributed by atoms with Crippen LogP contribution in [0, 0.1) is 17.3 Å². The van der Waals surface area contributed by atoms with Crippen molar-refractivity contribution in [2.24, 2.45) is 17.3 Å². The molecule has 0 aromatic carbocycles. The van der Waals surface area contributed by atoms with Gasteiger partial charge in [0, 0.05) is 5.92 Å². The van der Waals surface area contributed by atoms with Crippen molar-refractivity contribution in [2.45, 2.75) is 47.5 Å². The normalized spacial score (nSPS) is 28.7. The Morgan fingerprint density at radius 1 is 1.44 bits per heavy atom. The molecule has 2 atom stereocenters. The van der Waals surface area contributed by atoms with Crippen LogP contribution in [0.5, 0.6) is 0 Å². The fourth-order valence-corrected chi connectivity index (χ4v) is 2.64. The van der Waals surface area contributed by atoms with E-state index in [1.54, 1.807) is 6.08 Å². The Morgan fingerprint density at radius 3 is 2.50 bits per heavy atom. The van der Waals surface area contributed by atoms with E-state index in [2.05, 4.69) is 27.4 Å². The first-order valence-corrected chi connectivity index (χ1v) is 6.13. The molecule has 16 heavy (non-hydrogen) atoms. The molecular formula is C15H24O. The molecule has 90 valence electrons. The van der Waals surface area contributed by atoms with Gasteiger partial charge in [-0.15, -0.1) is 0 Å². The molecule has 1 rings (SSSR count). The summed E-state index contributed by atoms with van der Waals surface area (Å²) in [6, 6.07) is 0. The average molecular weight is 220 g/mol. The Balaban J connectivity index is 3.01. The smallest absolute Gasteiger partial charge is 0.163 e. The van der Waals surface area contributed by atoms with Crippen LogP contribution in [-0.2, 0) is 4.79 Å². The van der Waals surface area contributed by atoms with E-state index in [4.69, 9.17) is 0 Å². The van der Waals surface area contributed by atoms with Crippen LogP contribution in [0.4, 0.5) is 0 Å². The van der Waals surface area contributed by atoms with Crippen molar-refractivity contribution in [3.8, 4) is 0 Å². The Bertz CT molecular complexity index is 329. The molecule has 1 fully saturated rings. The quantitative estimate of drug-likeness (QED) is 0.504. The maximum atomic E-state index is 12.2. The summed E-state index contributed by atoms with van der Waals surface area (Å²) in [6.45, 7) is 14.6. The lowest BCUT2D eigenvalue weighted by Gasteiger charge is -2.41. The number of carbonyl (C=O) groups excluding carboxylic acids is 1. The van der Waals surface area contributed by atoms with Gasteiger partial charge in [0.25, 0.3) is 0 Å². The second kappa shape index (κ2) is 4.57. The summed E-state index contributed by atoms with van der Waals surface area (Å²) in [6.07, 6.45) is 4.04. The summed E-state index contributed by atoms with van der Waals surface area (Å²) in [5.41, 5.74) is 2.26. The third-order valence-electron chi connectivity index (χ3n) is 3.72. The number of carbonyl (C=O) groups is 1. The lowest BCUT2D eigenvalue weighted by Crippen LogP contribution is -2.37. The van der Waals surface area contributed by atoms with Gasteiger partial charge < -0.3 is 0 Å². The number of hydrogen-bond acceptors (Lipinski definition) is 1. The van der Waals surface area contributed by atoms with Gasteiger partial charge >= 0.3 is 0 Å². The predicted octanol–water partition coefficient (Wildman–Crippen LogP) is 4.15. The summed E-state index contributed by atoms with van der Waals surface area (Å²) in [7, 11) is 0. The molecule has 1 aliphatic carbocycles. The zero-order chi connectivity index (χ0) is 12.5. The van der Waals surface area contributed by atoms with Crippen LogP contribution in [-0.4, -0.2) is 5.78 Å². The van der Waals surface area contributed by atoms with E-state index in [-0.39, 0.29) is 17.1 Å².